The fourth-order valence-corrected chi connectivity index (χ4v) is 2.62. The summed E-state index contributed by atoms with van der Waals surface area (Å²) in [5.41, 5.74) is 1.19. The second-order valence-corrected chi connectivity index (χ2v) is 5.85. The normalized spacial score (nSPS) is 15.2. The molecule has 1 aromatic rings. The SMILES string of the molecule is CCCc1ccc(OCC(=O)N2CCN(C(=O)C(F)(F)F)CC2)cc1. The van der Waals surface area contributed by atoms with Crippen molar-refractivity contribution in [3.8, 4) is 5.75 Å². The van der Waals surface area contributed by atoms with Crippen molar-refractivity contribution >= 4 is 11.8 Å². The molecule has 1 saturated heterocycles. The Hall–Kier alpha value is -2.25. The number of amides is 2. The van der Waals surface area contributed by atoms with Gasteiger partial charge in [-0.25, -0.2) is 0 Å². The van der Waals surface area contributed by atoms with Gasteiger partial charge in [-0.1, -0.05) is 25.5 Å². The van der Waals surface area contributed by atoms with Gasteiger partial charge < -0.3 is 14.5 Å². The first-order valence-corrected chi connectivity index (χ1v) is 8.17. The third-order valence-corrected chi connectivity index (χ3v) is 3.99. The highest BCUT2D eigenvalue weighted by atomic mass is 19.4. The summed E-state index contributed by atoms with van der Waals surface area (Å²) in [4.78, 5) is 25.4. The van der Waals surface area contributed by atoms with E-state index < -0.39 is 12.1 Å². The maximum absolute atomic E-state index is 12.4. The number of halogens is 3. The maximum atomic E-state index is 12.4. The zero-order chi connectivity index (χ0) is 18.4. The van der Waals surface area contributed by atoms with Gasteiger partial charge in [-0.05, 0) is 24.1 Å². The molecule has 0 atom stereocenters. The number of nitrogens with zero attached hydrogens (tertiary/aromatic N) is 2. The van der Waals surface area contributed by atoms with Crippen LogP contribution in [0.5, 0.6) is 5.75 Å². The van der Waals surface area contributed by atoms with Crippen LogP contribution in [0.25, 0.3) is 0 Å². The maximum Gasteiger partial charge on any atom is 0.471 e. The van der Waals surface area contributed by atoms with Gasteiger partial charge in [0, 0.05) is 26.2 Å². The summed E-state index contributed by atoms with van der Waals surface area (Å²) < 4.78 is 42.6. The molecule has 1 aliphatic heterocycles. The molecule has 0 aromatic heterocycles. The number of carbonyl (C=O) groups is 2. The van der Waals surface area contributed by atoms with Crippen LogP contribution in [0, 0.1) is 0 Å². The number of alkyl halides is 3. The fourth-order valence-electron chi connectivity index (χ4n) is 2.62. The summed E-state index contributed by atoms with van der Waals surface area (Å²) in [5.74, 6) is -1.60. The van der Waals surface area contributed by atoms with Gasteiger partial charge in [-0.15, -0.1) is 0 Å². The van der Waals surface area contributed by atoms with E-state index in [1.165, 1.54) is 10.5 Å². The highest BCUT2D eigenvalue weighted by Gasteiger charge is 2.43. The zero-order valence-electron chi connectivity index (χ0n) is 14.0. The van der Waals surface area contributed by atoms with Crippen molar-refractivity contribution in [2.24, 2.45) is 0 Å². The number of hydrogen-bond acceptors (Lipinski definition) is 3. The van der Waals surface area contributed by atoms with Crippen LogP contribution in [0.1, 0.15) is 18.9 Å². The molecule has 25 heavy (non-hydrogen) atoms. The first-order chi connectivity index (χ1) is 11.8. The smallest absolute Gasteiger partial charge is 0.471 e. The van der Waals surface area contributed by atoms with E-state index in [1.54, 1.807) is 12.1 Å². The molecule has 0 unspecified atom stereocenters. The molecule has 1 fully saturated rings. The van der Waals surface area contributed by atoms with E-state index in [1.807, 2.05) is 12.1 Å². The second kappa shape index (κ2) is 8.22. The summed E-state index contributed by atoms with van der Waals surface area (Å²) >= 11 is 0. The Morgan fingerprint density at radius 1 is 1.04 bits per heavy atom. The van der Waals surface area contributed by atoms with Gasteiger partial charge in [0.25, 0.3) is 5.91 Å². The summed E-state index contributed by atoms with van der Waals surface area (Å²) in [7, 11) is 0. The highest BCUT2D eigenvalue weighted by Crippen LogP contribution is 2.19. The monoisotopic (exact) mass is 358 g/mol. The molecular formula is C17H21F3N2O3. The Morgan fingerprint density at radius 3 is 2.12 bits per heavy atom. The van der Waals surface area contributed by atoms with Gasteiger partial charge in [0.1, 0.15) is 5.75 Å². The summed E-state index contributed by atoms with van der Waals surface area (Å²) in [5, 5.41) is 0. The number of carbonyl (C=O) groups excluding carboxylic acids is 2. The molecule has 8 heteroatoms. The van der Waals surface area contributed by atoms with Crippen LogP contribution in [0.3, 0.4) is 0 Å². The first kappa shape index (κ1) is 19.1. The summed E-state index contributed by atoms with van der Waals surface area (Å²) in [6.45, 7) is 1.79. The fraction of sp³-hybridized carbons (Fsp3) is 0.529. The molecule has 2 rings (SSSR count). The third kappa shape index (κ3) is 5.37. The molecule has 2 amide bonds. The number of rotatable bonds is 5. The molecule has 5 nitrogen and oxygen atoms in total. The molecule has 0 N–H and O–H groups in total. The van der Waals surface area contributed by atoms with E-state index >= 15 is 0 Å². The van der Waals surface area contributed by atoms with Crippen LogP contribution in [-0.2, 0) is 16.0 Å². The highest BCUT2D eigenvalue weighted by molar-refractivity contribution is 5.82. The molecule has 1 heterocycles. The summed E-state index contributed by atoms with van der Waals surface area (Å²) in [6.07, 6.45) is -2.86. The number of piperazine rings is 1. The van der Waals surface area contributed by atoms with Crippen molar-refractivity contribution in [2.75, 3.05) is 32.8 Å². The van der Waals surface area contributed by atoms with Crippen molar-refractivity contribution in [3.63, 3.8) is 0 Å². The lowest BCUT2D eigenvalue weighted by molar-refractivity contribution is -0.187. The first-order valence-electron chi connectivity index (χ1n) is 8.17. The predicted octanol–water partition coefficient (Wildman–Crippen LogP) is 2.25. The average molecular weight is 358 g/mol. The average Bonchev–Trinajstić information content (AvgIpc) is 2.60. The lowest BCUT2D eigenvalue weighted by Crippen LogP contribution is -2.54. The van der Waals surface area contributed by atoms with Gasteiger partial charge in [0.2, 0.25) is 0 Å². The lowest BCUT2D eigenvalue weighted by atomic mass is 10.1. The van der Waals surface area contributed by atoms with E-state index in [0.29, 0.717) is 5.75 Å². The topological polar surface area (TPSA) is 49.9 Å². The van der Waals surface area contributed by atoms with Gasteiger partial charge in [-0.2, -0.15) is 13.2 Å². The Labute approximate surface area is 144 Å². The Morgan fingerprint density at radius 2 is 1.60 bits per heavy atom. The van der Waals surface area contributed by atoms with Crippen LogP contribution in [0.4, 0.5) is 13.2 Å². The molecule has 138 valence electrons. The van der Waals surface area contributed by atoms with E-state index in [2.05, 4.69) is 6.92 Å². The Kier molecular flexibility index (Phi) is 6.27. The van der Waals surface area contributed by atoms with Crippen LogP contribution >= 0.6 is 0 Å². The van der Waals surface area contributed by atoms with Crippen LogP contribution in [0.15, 0.2) is 24.3 Å². The molecule has 0 radical (unpaired) electrons. The number of benzene rings is 1. The molecule has 1 aromatic carbocycles. The zero-order valence-corrected chi connectivity index (χ0v) is 14.0. The quantitative estimate of drug-likeness (QED) is 0.811. The molecule has 0 bridgehead atoms. The summed E-state index contributed by atoms with van der Waals surface area (Å²) in [6, 6.07) is 7.45. The van der Waals surface area contributed by atoms with Gasteiger partial charge in [0.05, 0.1) is 0 Å². The second-order valence-electron chi connectivity index (χ2n) is 5.85. The Balaban J connectivity index is 1.78. The minimum Gasteiger partial charge on any atom is -0.484 e. The van der Waals surface area contributed by atoms with Crippen molar-refractivity contribution in [3.05, 3.63) is 29.8 Å². The lowest BCUT2D eigenvalue weighted by Gasteiger charge is -2.34. The van der Waals surface area contributed by atoms with Gasteiger partial charge in [0.15, 0.2) is 6.61 Å². The van der Waals surface area contributed by atoms with E-state index in [0.717, 1.165) is 17.7 Å². The van der Waals surface area contributed by atoms with Gasteiger partial charge >= 0.3 is 12.1 Å². The molecule has 0 aliphatic carbocycles. The van der Waals surface area contributed by atoms with E-state index in [-0.39, 0.29) is 38.7 Å². The molecule has 0 spiro atoms. The van der Waals surface area contributed by atoms with Crippen molar-refractivity contribution in [1.29, 1.82) is 0 Å². The largest absolute Gasteiger partial charge is 0.484 e. The Bertz CT molecular complexity index is 594. The number of aryl methyl sites for hydroxylation is 1. The van der Waals surface area contributed by atoms with Gasteiger partial charge in [-0.3, -0.25) is 9.59 Å². The number of ether oxygens (including phenoxy) is 1. The van der Waals surface area contributed by atoms with Crippen LogP contribution in [0.2, 0.25) is 0 Å². The van der Waals surface area contributed by atoms with E-state index in [9.17, 15) is 22.8 Å². The van der Waals surface area contributed by atoms with Crippen LogP contribution in [-0.4, -0.2) is 60.6 Å². The van der Waals surface area contributed by atoms with Crippen molar-refractivity contribution in [1.82, 2.24) is 9.80 Å². The minimum absolute atomic E-state index is 0.0689. The number of hydrogen-bond donors (Lipinski definition) is 0. The van der Waals surface area contributed by atoms with Crippen LogP contribution < -0.4 is 4.74 Å². The minimum atomic E-state index is -4.88. The molecular weight excluding hydrogens is 337 g/mol. The van der Waals surface area contributed by atoms with Crippen molar-refractivity contribution in [2.45, 2.75) is 25.9 Å². The predicted molar refractivity (Wildman–Crippen MR) is 85.1 cm³/mol. The third-order valence-electron chi connectivity index (χ3n) is 3.99. The molecule has 1 aliphatic rings. The van der Waals surface area contributed by atoms with E-state index in [4.69, 9.17) is 4.74 Å². The van der Waals surface area contributed by atoms with Crippen molar-refractivity contribution < 1.29 is 27.5 Å². The standard InChI is InChI=1S/C17H21F3N2O3/c1-2-3-13-4-6-14(7-5-13)25-12-15(23)21-8-10-22(11-9-21)16(24)17(18,19)20/h4-7H,2-3,8-12H2,1H3. The molecule has 0 saturated carbocycles.